The molecule has 0 radical (unpaired) electrons. The summed E-state index contributed by atoms with van der Waals surface area (Å²) in [4.78, 5) is 38.1. The second-order valence-electron chi connectivity index (χ2n) is 7.81. The van der Waals surface area contributed by atoms with E-state index >= 15 is 0 Å². The van der Waals surface area contributed by atoms with Crippen LogP contribution >= 0.6 is 23.4 Å². The van der Waals surface area contributed by atoms with Crippen molar-refractivity contribution in [3.8, 4) is 0 Å². The van der Waals surface area contributed by atoms with Gasteiger partial charge in [-0.3, -0.25) is 14.7 Å². The van der Waals surface area contributed by atoms with Gasteiger partial charge in [-0.2, -0.15) is 0 Å². The van der Waals surface area contributed by atoms with E-state index in [1.54, 1.807) is 24.2 Å². The summed E-state index contributed by atoms with van der Waals surface area (Å²) in [5.74, 6) is 1.01. The Morgan fingerprint density at radius 2 is 2.00 bits per heavy atom. The number of ketones is 1. The minimum atomic E-state index is -0.408. The molecular formula is C19H27ClN5O2S+. The number of nitroso groups, excluding NO2 is 1. The second kappa shape index (κ2) is 9.05. The van der Waals surface area contributed by atoms with Crippen molar-refractivity contribution in [3.63, 3.8) is 0 Å². The summed E-state index contributed by atoms with van der Waals surface area (Å²) in [7, 11) is 0. The lowest BCUT2D eigenvalue weighted by molar-refractivity contribution is -0.590. The van der Waals surface area contributed by atoms with Crippen LogP contribution in [0.4, 0.5) is 5.82 Å². The number of halogens is 1. The van der Waals surface area contributed by atoms with Gasteiger partial charge in [-0.25, -0.2) is 4.98 Å². The smallest absolute Gasteiger partial charge is 0.261 e. The predicted molar refractivity (Wildman–Crippen MR) is 111 cm³/mol. The van der Waals surface area contributed by atoms with Crippen LogP contribution in [0.25, 0.3) is 0 Å². The summed E-state index contributed by atoms with van der Waals surface area (Å²) in [6, 6.07) is -0.408. The van der Waals surface area contributed by atoms with Crippen molar-refractivity contribution in [2.45, 2.75) is 55.2 Å². The van der Waals surface area contributed by atoms with E-state index in [1.807, 2.05) is 0 Å². The molecule has 28 heavy (non-hydrogen) atoms. The van der Waals surface area contributed by atoms with E-state index in [9.17, 15) is 9.70 Å². The van der Waals surface area contributed by atoms with E-state index in [0.717, 1.165) is 75.4 Å². The Morgan fingerprint density at radius 1 is 1.18 bits per heavy atom. The number of fused-ring (bicyclic) bond motifs is 2. The first kappa shape index (κ1) is 20.0. The molecule has 0 N–H and O–H groups in total. The fourth-order valence-corrected chi connectivity index (χ4v) is 6.05. The Bertz CT molecular complexity index is 706. The number of hydrogen-bond acceptors (Lipinski definition) is 7. The van der Waals surface area contributed by atoms with Gasteiger partial charge in [0.2, 0.25) is 11.2 Å². The van der Waals surface area contributed by atoms with Crippen LogP contribution in [0, 0.1) is 4.91 Å². The average Bonchev–Trinajstić information content (AvgIpc) is 2.73. The van der Waals surface area contributed by atoms with Gasteiger partial charge in [0.05, 0.1) is 17.6 Å². The molecule has 0 spiro atoms. The maximum absolute atomic E-state index is 12.5. The van der Waals surface area contributed by atoms with Gasteiger partial charge >= 0.3 is 0 Å². The molecule has 3 unspecified atom stereocenters. The maximum atomic E-state index is 12.5. The summed E-state index contributed by atoms with van der Waals surface area (Å²) in [5.41, 5.74) is 0. The number of piperazine rings is 1. The number of aromatic nitrogens is 2. The monoisotopic (exact) mass is 424 g/mol. The Balaban J connectivity index is 1.18. The highest BCUT2D eigenvalue weighted by Gasteiger charge is 2.51. The number of hydrogen-bond donors (Lipinski definition) is 0. The molecule has 1 aromatic heterocycles. The largest absolute Gasteiger partial charge is 0.353 e. The normalized spacial score (nSPS) is 28.6. The van der Waals surface area contributed by atoms with Crippen LogP contribution in [-0.4, -0.2) is 74.8 Å². The van der Waals surface area contributed by atoms with Crippen LogP contribution in [-0.2, 0) is 4.79 Å². The summed E-state index contributed by atoms with van der Waals surface area (Å²) < 4.78 is 1.10. The molecule has 0 aliphatic carbocycles. The Labute approximate surface area is 174 Å². The fraction of sp³-hybridized carbons (Fsp3) is 0.737. The summed E-state index contributed by atoms with van der Waals surface area (Å²) in [6.45, 7) is 4.78. The quantitative estimate of drug-likeness (QED) is 0.513. The van der Waals surface area contributed by atoms with Gasteiger partial charge in [-0.05, 0) is 32.2 Å². The minimum Gasteiger partial charge on any atom is -0.353 e. The third-order valence-corrected chi connectivity index (χ3v) is 7.70. The van der Waals surface area contributed by atoms with Gasteiger partial charge in [-0.1, -0.05) is 23.4 Å². The summed E-state index contributed by atoms with van der Waals surface area (Å²) >= 11 is 7.52. The van der Waals surface area contributed by atoms with Gasteiger partial charge in [0.1, 0.15) is 11.0 Å². The number of Topliss-reactive ketones (excluding diaryl/α,β-unsaturated/α-hetero) is 1. The molecule has 3 aliphatic rings. The van der Waals surface area contributed by atoms with E-state index in [2.05, 4.69) is 19.8 Å². The summed E-state index contributed by atoms with van der Waals surface area (Å²) in [5, 5.41) is 0.493. The van der Waals surface area contributed by atoms with Crippen molar-refractivity contribution >= 4 is 35.0 Å². The topological polar surface area (TPSA) is 69.4 Å². The lowest BCUT2D eigenvalue weighted by Gasteiger charge is -2.35. The zero-order valence-electron chi connectivity index (χ0n) is 16.0. The fourth-order valence-electron chi connectivity index (χ4n) is 4.37. The van der Waals surface area contributed by atoms with Crippen molar-refractivity contribution in [2.24, 2.45) is 0 Å². The Morgan fingerprint density at radius 3 is 2.79 bits per heavy atom. The van der Waals surface area contributed by atoms with Gasteiger partial charge in [0.15, 0.2) is 0 Å². The van der Waals surface area contributed by atoms with E-state index in [-0.39, 0.29) is 16.4 Å². The highest BCUT2D eigenvalue weighted by atomic mass is 35.5. The molecule has 3 aliphatic heterocycles. The number of thioether (sulfide) groups is 1. The van der Waals surface area contributed by atoms with Crippen molar-refractivity contribution in [1.29, 1.82) is 0 Å². The number of rotatable bonds is 6. The van der Waals surface area contributed by atoms with Crippen LogP contribution in [0.3, 0.4) is 0 Å². The number of carbonyl (C=O) groups excluding carboxylic acids is 1. The number of nitrogens with zero attached hydrogens (tertiary/aromatic N) is 5. The molecule has 0 aromatic carbocycles. The van der Waals surface area contributed by atoms with Gasteiger partial charge < -0.3 is 4.90 Å². The van der Waals surface area contributed by atoms with Gasteiger partial charge in [-0.15, -0.1) is 0 Å². The first-order valence-corrected chi connectivity index (χ1v) is 11.5. The predicted octanol–water partition coefficient (Wildman–Crippen LogP) is 2.76. The van der Waals surface area contributed by atoms with Crippen LogP contribution in [0.5, 0.6) is 0 Å². The van der Waals surface area contributed by atoms with E-state index in [1.165, 1.54) is 0 Å². The molecule has 9 heteroatoms. The zero-order valence-corrected chi connectivity index (χ0v) is 17.6. The molecule has 152 valence electrons. The lowest BCUT2D eigenvalue weighted by atomic mass is 9.96. The molecule has 3 fully saturated rings. The van der Waals surface area contributed by atoms with Gasteiger partial charge in [0, 0.05) is 48.7 Å². The third-order valence-electron chi connectivity index (χ3n) is 5.97. The number of anilines is 1. The molecule has 4 heterocycles. The maximum Gasteiger partial charge on any atom is 0.261 e. The summed E-state index contributed by atoms with van der Waals surface area (Å²) in [6.07, 6.45) is 8.84. The van der Waals surface area contributed by atoms with Gasteiger partial charge in [0.25, 0.3) is 6.04 Å². The first-order valence-electron chi connectivity index (χ1n) is 10.2. The molecule has 3 saturated heterocycles. The molecule has 7 nitrogen and oxygen atoms in total. The zero-order chi connectivity index (χ0) is 19.5. The minimum absolute atomic E-state index is 0.00381. The van der Waals surface area contributed by atoms with Crippen molar-refractivity contribution in [3.05, 3.63) is 22.5 Å². The highest BCUT2D eigenvalue weighted by Crippen LogP contribution is 2.39. The van der Waals surface area contributed by atoms with E-state index < -0.39 is 6.04 Å². The third kappa shape index (κ3) is 4.49. The number of unbranched alkanes of at least 4 members (excludes halogenated alkanes) is 1. The average molecular weight is 425 g/mol. The van der Waals surface area contributed by atoms with Crippen LogP contribution in [0.1, 0.15) is 38.5 Å². The Hall–Kier alpha value is -1.25. The molecule has 2 bridgehead atoms. The molecule has 4 rings (SSSR count). The molecule has 0 amide bonds. The lowest BCUT2D eigenvalue weighted by Crippen LogP contribution is -2.50. The SMILES string of the molecule is O=C1C2CCCC(S2)[N+](=O)C1CCCCN1CCN(c2cncc(Cl)n2)CC1. The Kier molecular flexibility index (Phi) is 6.48. The van der Waals surface area contributed by atoms with Crippen LogP contribution in [0.15, 0.2) is 12.4 Å². The molecule has 0 saturated carbocycles. The van der Waals surface area contributed by atoms with E-state index in [4.69, 9.17) is 11.6 Å². The highest BCUT2D eigenvalue weighted by molar-refractivity contribution is 8.01. The van der Waals surface area contributed by atoms with Crippen molar-refractivity contribution in [1.82, 2.24) is 14.9 Å². The molecule has 1 aromatic rings. The first-order chi connectivity index (χ1) is 13.6. The molecule has 3 atom stereocenters. The molecular weight excluding hydrogens is 398 g/mol. The number of carbonyl (C=O) groups is 1. The standard InChI is InChI=1S/C19H27ClN5O2S/c20-16-12-21-13-17(22-16)24-10-8-23(9-11-24)7-2-1-4-14-19(26)15-5-3-6-18(28-15)25(14)27/h12-15,18H,1-11H2/q+1. The van der Waals surface area contributed by atoms with Crippen molar-refractivity contribution < 1.29 is 9.55 Å². The van der Waals surface area contributed by atoms with E-state index in [0.29, 0.717) is 11.6 Å². The van der Waals surface area contributed by atoms with Crippen LogP contribution in [0.2, 0.25) is 5.15 Å². The van der Waals surface area contributed by atoms with Crippen molar-refractivity contribution in [2.75, 3.05) is 37.6 Å². The van der Waals surface area contributed by atoms with Crippen LogP contribution < -0.4 is 4.90 Å². The second-order valence-corrected chi connectivity index (χ2v) is 9.59.